The van der Waals surface area contributed by atoms with Crippen LogP contribution in [0.3, 0.4) is 0 Å². The number of carbonyl (C=O) groups is 1. The molecule has 0 fully saturated rings. The van der Waals surface area contributed by atoms with Crippen LogP contribution in [0.15, 0.2) is 103 Å². The van der Waals surface area contributed by atoms with Crippen LogP contribution in [-0.2, 0) is 13.2 Å². The van der Waals surface area contributed by atoms with Crippen LogP contribution in [0.4, 0.5) is 0 Å². The molecule has 4 aromatic carbocycles. The molecule has 0 N–H and O–H groups in total. The number of benzene rings is 4. The van der Waals surface area contributed by atoms with E-state index >= 15 is 0 Å². The zero-order chi connectivity index (χ0) is 22.5. The summed E-state index contributed by atoms with van der Waals surface area (Å²) in [4.78, 5) is 13.2. The highest BCUT2D eigenvalue weighted by Gasteiger charge is 2.30. The lowest BCUT2D eigenvalue weighted by molar-refractivity contribution is 0.0895. The average Bonchev–Trinajstić information content (AvgIpc) is 2.88. The van der Waals surface area contributed by atoms with Crippen LogP contribution in [-0.4, -0.2) is 12.4 Å². The number of hydrogen-bond acceptors (Lipinski definition) is 4. The van der Waals surface area contributed by atoms with Gasteiger partial charge >= 0.3 is 0 Å². The Morgan fingerprint density at radius 1 is 0.697 bits per heavy atom. The van der Waals surface area contributed by atoms with Crippen LogP contribution >= 0.6 is 0 Å². The first kappa shape index (κ1) is 20.8. The second-order valence-corrected chi connectivity index (χ2v) is 8.00. The van der Waals surface area contributed by atoms with Gasteiger partial charge < -0.3 is 14.2 Å². The summed E-state index contributed by atoms with van der Waals surface area (Å²) in [5.41, 5.74) is 3.70. The summed E-state index contributed by atoms with van der Waals surface area (Å²) in [7, 11) is 0. The Morgan fingerprint density at radius 2 is 1.27 bits per heavy atom. The van der Waals surface area contributed by atoms with Gasteiger partial charge in [-0.05, 0) is 41.0 Å². The number of fused-ring (bicyclic) bond motifs is 1. The van der Waals surface area contributed by atoms with Gasteiger partial charge in [0, 0.05) is 6.07 Å². The fourth-order valence-corrected chi connectivity index (χ4v) is 3.88. The van der Waals surface area contributed by atoms with E-state index in [4.69, 9.17) is 14.2 Å². The van der Waals surface area contributed by atoms with E-state index in [1.807, 2.05) is 91.0 Å². The second-order valence-electron chi connectivity index (χ2n) is 8.00. The van der Waals surface area contributed by atoms with Crippen molar-refractivity contribution in [2.24, 2.45) is 0 Å². The predicted molar refractivity (Wildman–Crippen MR) is 127 cm³/mol. The summed E-state index contributed by atoms with van der Waals surface area (Å²) in [5.74, 6) is 1.75. The van der Waals surface area contributed by atoms with E-state index in [0.29, 0.717) is 36.9 Å². The molecule has 33 heavy (non-hydrogen) atoms. The predicted octanol–water partition coefficient (Wildman–Crippen LogP) is 6.20. The third-order valence-electron chi connectivity index (χ3n) is 5.72. The second kappa shape index (κ2) is 9.61. The fourth-order valence-electron chi connectivity index (χ4n) is 3.88. The number of rotatable bonds is 7. The number of ether oxygens (including phenoxy) is 3. The Labute approximate surface area is 193 Å². The van der Waals surface area contributed by atoms with Crippen molar-refractivity contribution in [1.82, 2.24) is 0 Å². The third-order valence-corrected chi connectivity index (χ3v) is 5.72. The molecule has 5 rings (SSSR count). The van der Waals surface area contributed by atoms with E-state index in [2.05, 4.69) is 0 Å². The van der Waals surface area contributed by atoms with E-state index in [1.165, 1.54) is 0 Å². The molecule has 0 amide bonds. The van der Waals surface area contributed by atoms with Gasteiger partial charge in [-0.1, -0.05) is 72.8 Å². The maximum atomic E-state index is 13.2. The van der Waals surface area contributed by atoms with Gasteiger partial charge in [0.25, 0.3) is 0 Å². The summed E-state index contributed by atoms with van der Waals surface area (Å²) in [6.07, 6.45) is 0. The molecule has 0 unspecified atom stereocenters. The van der Waals surface area contributed by atoms with Crippen LogP contribution in [0.25, 0.3) is 0 Å². The highest BCUT2D eigenvalue weighted by atomic mass is 16.5. The molecule has 0 aliphatic carbocycles. The van der Waals surface area contributed by atoms with E-state index in [0.717, 1.165) is 22.4 Å². The molecule has 1 aliphatic rings. The minimum absolute atomic E-state index is 0.0591. The SMILES string of the molecule is O=C1c2ccc(OCc3ccccc3)cc2OC[C@H]1c1ccc(OCc2ccccc2)cc1. The quantitative estimate of drug-likeness (QED) is 0.346. The Hall–Kier alpha value is -4.05. The van der Waals surface area contributed by atoms with Gasteiger partial charge in [-0.2, -0.15) is 0 Å². The van der Waals surface area contributed by atoms with Crippen LogP contribution in [0.5, 0.6) is 17.2 Å². The molecule has 4 heteroatoms. The van der Waals surface area contributed by atoms with Crippen LogP contribution < -0.4 is 14.2 Å². The molecule has 4 nitrogen and oxygen atoms in total. The molecular formula is C29H24O4. The molecule has 0 radical (unpaired) electrons. The molecular weight excluding hydrogens is 412 g/mol. The van der Waals surface area contributed by atoms with Gasteiger partial charge in [0.15, 0.2) is 5.78 Å². The zero-order valence-electron chi connectivity index (χ0n) is 18.1. The number of hydrogen-bond donors (Lipinski definition) is 0. The smallest absolute Gasteiger partial charge is 0.177 e. The van der Waals surface area contributed by atoms with E-state index in [9.17, 15) is 4.79 Å². The zero-order valence-corrected chi connectivity index (χ0v) is 18.1. The molecule has 1 atom stereocenters. The largest absolute Gasteiger partial charge is 0.492 e. The molecule has 164 valence electrons. The fraction of sp³-hybridized carbons (Fsp3) is 0.138. The van der Waals surface area contributed by atoms with Crippen molar-refractivity contribution in [1.29, 1.82) is 0 Å². The number of Topliss-reactive ketones (excluding diaryl/α,β-unsaturated/α-hetero) is 1. The summed E-state index contributed by atoms with van der Waals surface area (Å²) in [6.45, 7) is 1.28. The lowest BCUT2D eigenvalue weighted by Crippen LogP contribution is -2.26. The molecule has 0 bridgehead atoms. The van der Waals surface area contributed by atoms with Crippen LogP contribution in [0.1, 0.15) is 33.0 Å². The standard InChI is InChI=1S/C29H24O4/c30-29-26-16-15-25(32-19-22-9-5-2-6-10-22)17-28(26)33-20-27(29)23-11-13-24(14-12-23)31-18-21-7-3-1-4-8-21/h1-17,27H,18-20H2/t27-/m0/s1. The van der Waals surface area contributed by atoms with Gasteiger partial charge in [-0.3, -0.25) is 4.79 Å². The normalized spacial score (nSPS) is 14.8. The van der Waals surface area contributed by atoms with Gasteiger partial charge in [0.05, 0.1) is 11.5 Å². The van der Waals surface area contributed by atoms with Crippen molar-refractivity contribution in [3.8, 4) is 17.2 Å². The molecule has 0 saturated heterocycles. The number of carbonyl (C=O) groups excluding carboxylic acids is 1. The summed E-state index contributed by atoms with van der Waals surface area (Å²) in [6, 6.07) is 33.1. The highest BCUT2D eigenvalue weighted by molar-refractivity contribution is 6.04. The van der Waals surface area contributed by atoms with Crippen molar-refractivity contribution in [2.75, 3.05) is 6.61 Å². The molecule has 0 saturated carbocycles. The maximum Gasteiger partial charge on any atom is 0.177 e. The van der Waals surface area contributed by atoms with Crippen LogP contribution in [0.2, 0.25) is 0 Å². The minimum Gasteiger partial charge on any atom is -0.492 e. The summed E-state index contributed by atoms with van der Waals surface area (Å²) < 4.78 is 17.7. The Bertz CT molecular complexity index is 1220. The van der Waals surface area contributed by atoms with E-state index < -0.39 is 0 Å². The molecule has 0 spiro atoms. The van der Waals surface area contributed by atoms with Gasteiger partial charge in [0.2, 0.25) is 0 Å². The molecule has 1 heterocycles. The molecule has 0 aromatic heterocycles. The van der Waals surface area contributed by atoms with Gasteiger partial charge in [-0.15, -0.1) is 0 Å². The lowest BCUT2D eigenvalue weighted by atomic mass is 9.89. The Morgan fingerprint density at radius 3 is 1.91 bits per heavy atom. The highest BCUT2D eigenvalue weighted by Crippen LogP contribution is 2.35. The van der Waals surface area contributed by atoms with Gasteiger partial charge in [-0.25, -0.2) is 0 Å². The van der Waals surface area contributed by atoms with Crippen molar-refractivity contribution >= 4 is 5.78 Å². The minimum atomic E-state index is -0.336. The topological polar surface area (TPSA) is 44.8 Å². The monoisotopic (exact) mass is 436 g/mol. The number of ketones is 1. The first-order valence-corrected chi connectivity index (χ1v) is 11.0. The lowest BCUT2D eigenvalue weighted by Gasteiger charge is -2.25. The first-order valence-electron chi connectivity index (χ1n) is 11.0. The Balaban J connectivity index is 1.23. The first-order chi connectivity index (χ1) is 16.3. The van der Waals surface area contributed by atoms with Gasteiger partial charge in [0.1, 0.15) is 37.1 Å². The molecule has 1 aliphatic heterocycles. The van der Waals surface area contributed by atoms with E-state index in [1.54, 1.807) is 12.1 Å². The Kier molecular flexibility index (Phi) is 6.07. The van der Waals surface area contributed by atoms with E-state index in [-0.39, 0.29) is 11.7 Å². The van der Waals surface area contributed by atoms with Crippen LogP contribution in [0, 0.1) is 0 Å². The molecule has 4 aromatic rings. The van der Waals surface area contributed by atoms with Crippen molar-refractivity contribution in [3.05, 3.63) is 125 Å². The van der Waals surface area contributed by atoms with Crippen molar-refractivity contribution in [2.45, 2.75) is 19.1 Å². The summed E-state index contributed by atoms with van der Waals surface area (Å²) >= 11 is 0. The van der Waals surface area contributed by atoms with Crippen molar-refractivity contribution < 1.29 is 19.0 Å². The maximum absolute atomic E-state index is 13.2. The summed E-state index contributed by atoms with van der Waals surface area (Å²) in [5, 5.41) is 0. The van der Waals surface area contributed by atoms with Crippen molar-refractivity contribution in [3.63, 3.8) is 0 Å². The third kappa shape index (κ3) is 4.90. The average molecular weight is 437 g/mol.